The average Bonchev–Trinajstić information content (AvgIpc) is 3.20. The van der Waals surface area contributed by atoms with Crippen LogP contribution >= 0.6 is 0 Å². The lowest BCUT2D eigenvalue weighted by Crippen LogP contribution is -2.33. The Labute approximate surface area is 116 Å². The highest BCUT2D eigenvalue weighted by molar-refractivity contribution is 7.91. The van der Waals surface area contributed by atoms with Gasteiger partial charge in [-0.15, -0.1) is 0 Å². The third-order valence-corrected chi connectivity index (χ3v) is 4.87. The minimum absolute atomic E-state index is 0.171. The number of nitrogens with one attached hydrogen (secondary N) is 1. The van der Waals surface area contributed by atoms with E-state index in [1.807, 2.05) is 0 Å². The molecule has 0 spiro atoms. The Morgan fingerprint density at radius 1 is 1.40 bits per heavy atom. The Kier molecular flexibility index (Phi) is 4.36. The molecule has 110 valence electrons. The van der Waals surface area contributed by atoms with Gasteiger partial charge in [-0.05, 0) is 18.9 Å². The zero-order valence-corrected chi connectivity index (χ0v) is 11.5. The first-order valence-electron chi connectivity index (χ1n) is 6.28. The van der Waals surface area contributed by atoms with Gasteiger partial charge < -0.3 is 10.4 Å². The summed E-state index contributed by atoms with van der Waals surface area (Å²) in [6.45, 7) is 0.171. The highest BCUT2D eigenvalue weighted by atomic mass is 32.2. The molecule has 0 aromatic heterocycles. The topological polar surface area (TPSA) is 110 Å². The van der Waals surface area contributed by atoms with E-state index >= 15 is 0 Å². The third-order valence-electron chi connectivity index (χ3n) is 3.03. The fourth-order valence-electron chi connectivity index (χ4n) is 1.86. The molecule has 1 aromatic carbocycles. The molecule has 1 fully saturated rings. The van der Waals surface area contributed by atoms with Crippen molar-refractivity contribution in [3.63, 3.8) is 0 Å². The Morgan fingerprint density at radius 2 is 2.05 bits per heavy atom. The first kappa shape index (κ1) is 14.9. The van der Waals surface area contributed by atoms with Crippen molar-refractivity contribution in [1.29, 1.82) is 0 Å². The SMILES string of the molecule is O=[N+]([O-])c1ccccc1S(=O)(=O)CC(O)CNC1CC1. The Hall–Kier alpha value is -1.51. The number of para-hydroxylation sites is 1. The lowest BCUT2D eigenvalue weighted by Gasteiger charge is -2.12. The number of aliphatic hydroxyl groups excluding tert-OH is 1. The summed E-state index contributed by atoms with van der Waals surface area (Å²) in [5.41, 5.74) is -0.463. The van der Waals surface area contributed by atoms with Crippen LogP contribution in [0.3, 0.4) is 0 Å². The van der Waals surface area contributed by atoms with E-state index in [0.29, 0.717) is 6.04 Å². The summed E-state index contributed by atoms with van der Waals surface area (Å²) in [6, 6.07) is 5.52. The summed E-state index contributed by atoms with van der Waals surface area (Å²) >= 11 is 0. The van der Waals surface area contributed by atoms with Gasteiger partial charge in [0.2, 0.25) is 0 Å². The number of aliphatic hydroxyl groups is 1. The van der Waals surface area contributed by atoms with Crippen molar-refractivity contribution in [2.24, 2.45) is 0 Å². The molecular weight excluding hydrogens is 284 g/mol. The molecule has 7 nitrogen and oxygen atoms in total. The zero-order chi connectivity index (χ0) is 14.8. The number of hydrogen-bond donors (Lipinski definition) is 2. The van der Waals surface area contributed by atoms with Crippen molar-refractivity contribution in [1.82, 2.24) is 5.32 Å². The molecule has 2 rings (SSSR count). The summed E-state index contributed by atoms with van der Waals surface area (Å²) in [5, 5.41) is 23.6. The van der Waals surface area contributed by atoms with E-state index in [-0.39, 0.29) is 11.4 Å². The maximum absolute atomic E-state index is 12.1. The van der Waals surface area contributed by atoms with E-state index in [1.54, 1.807) is 0 Å². The van der Waals surface area contributed by atoms with Crippen LogP contribution in [0.4, 0.5) is 5.69 Å². The minimum atomic E-state index is -3.89. The molecule has 0 amide bonds. The van der Waals surface area contributed by atoms with E-state index < -0.39 is 32.3 Å². The van der Waals surface area contributed by atoms with Crippen LogP contribution in [0.1, 0.15) is 12.8 Å². The molecule has 1 unspecified atom stereocenters. The van der Waals surface area contributed by atoms with Gasteiger partial charge in [-0.3, -0.25) is 10.1 Å². The Bertz CT molecular complexity index is 598. The highest BCUT2D eigenvalue weighted by Crippen LogP contribution is 2.24. The molecule has 1 atom stereocenters. The molecule has 1 aliphatic rings. The lowest BCUT2D eigenvalue weighted by atomic mass is 10.3. The summed E-state index contributed by atoms with van der Waals surface area (Å²) in [7, 11) is -3.89. The number of sulfone groups is 1. The molecule has 0 aliphatic heterocycles. The molecular formula is C12H16N2O5S. The van der Waals surface area contributed by atoms with Crippen LogP contribution in [-0.4, -0.2) is 42.9 Å². The number of nitro groups is 1. The van der Waals surface area contributed by atoms with E-state index in [1.165, 1.54) is 18.2 Å². The summed E-state index contributed by atoms with van der Waals surface area (Å²) in [4.78, 5) is 9.76. The second kappa shape index (κ2) is 5.86. The molecule has 20 heavy (non-hydrogen) atoms. The third kappa shape index (κ3) is 3.75. The van der Waals surface area contributed by atoms with Gasteiger partial charge in [0.25, 0.3) is 5.69 Å². The van der Waals surface area contributed by atoms with Crippen LogP contribution in [0.5, 0.6) is 0 Å². The molecule has 1 aromatic rings. The molecule has 1 aliphatic carbocycles. The predicted octanol–water partition coefficient (Wildman–Crippen LogP) is 0.481. The summed E-state index contributed by atoms with van der Waals surface area (Å²) in [5.74, 6) is -0.530. The van der Waals surface area contributed by atoms with E-state index in [4.69, 9.17) is 0 Å². The molecule has 0 heterocycles. The number of benzene rings is 1. The fraction of sp³-hybridized carbons (Fsp3) is 0.500. The van der Waals surface area contributed by atoms with Crippen LogP contribution in [0.2, 0.25) is 0 Å². The van der Waals surface area contributed by atoms with Crippen LogP contribution in [0.25, 0.3) is 0 Å². The van der Waals surface area contributed by atoms with Crippen molar-refractivity contribution in [3.8, 4) is 0 Å². The van der Waals surface area contributed by atoms with Crippen LogP contribution in [0.15, 0.2) is 29.2 Å². The quantitative estimate of drug-likeness (QED) is 0.560. The van der Waals surface area contributed by atoms with Crippen LogP contribution in [0, 0.1) is 10.1 Å². The Balaban J connectivity index is 2.10. The summed E-state index contributed by atoms with van der Waals surface area (Å²) in [6.07, 6.45) is 0.980. The largest absolute Gasteiger partial charge is 0.391 e. The highest BCUT2D eigenvalue weighted by Gasteiger charge is 2.28. The number of hydrogen-bond acceptors (Lipinski definition) is 6. The number of nitro benzene ring substituents is 1. The van der Waals surface area contributed by atoms with Gasteiger partial charge in [-0.2, -0.15) is 0 Å². The second-order valence-electron chi connectivity index (χ2n) is 4.84. The maximum atomic E-state index is 12.1. The first-order valence-corrected chi connectivity index (χ1v) is 7.93. The number of rotatable bonds is 7. The maximum Gasteiger partial charge on any atom is 0.287 e. The lowest BCUT2D eigenvalue weighted by molar-refractivity contribution is -0.387. The molecule has 0 bridgehead atoms. The minimum Gasteiger partial charge on any atom is -0.391 e. The van der Waals surface area contributed by atoms with Gasteiger partial charge in [0.1, 0.15) is 4.90 Å². The first-order chi connectivity index (χ1) is 9.40. The van der Waals surface area contributed by atoms with Crippen molar-refractivity contribution >= 4 is 15.5 Å². The van der Waals surface area contributed by atoms with Gasteiger partial charge in [0.05, 0.1) is 16.8 Å². The van der Waals surface area contributed by atoms with Crippen LogP contribution in [-0.2, 0) is 9.84 Å². The predicted molar refractivity (Wildman–Crippen MR) is 72.2 cm³/mol. The van der Waals surface area contributed by atoms with Gasteiger partial charge in [0.15, 0.2) is 9.84 Å². The molecule has 0 saturated heterocycles. The molecule has 2 N–H and O–H groups in total. The van der Waals surface area contributed by atoms with Gasteiger partial charge in [-0.25, -0.2) is 8.42 Å². The standard InChI is InChI=1S/C12H16N2O5S/c15-10(7-13-9-5-6-9)8-20(18,19)12-4-2-1-3-11(12)14(16)17/h1-4,9-10,13,15H,5-8H2. The number of nitrogens with zero attached hydrogens (tertiary/aromatic N) is 1. The summed E-state index contributed by atoms with van der Waals surface area (Å²) < 4.78 is 24.3. The second-order valence-corrected chi connectivity index (χ2v) is 6.85. The molecule has 8 heteroatoms. The van der Waals surface area contributed by atoms with Crippen molar-refractivity contribution < 1.29 is 18.4 Å². The normalized spacial score (nSPS) is 16.9. The average molecular weight is 300 g/mol. The van der Waals surface area contributed by atoms with Crippen molar-refractivity contribution in [3.05, 3.63) is 34.4 Å². The Morgan fingerprint density at radius 3 is 2.65 bits per heavy atom. The van der Waals surface area contributed by atoms with E-state index in [2.05, 4.69) is 5.32 Å². The van der Waals surface area contributed by atoms with Gasteiger partial charge in [0, 0.05) is 18.7 Å². The molecule has 0 radical (unpaired) electrons. The van der Waals surface area contributed by atoms with Crippen molar-refractivity contribution in [2.45, 2.75) is 29.9 Å². The van der Waals surface area contributed by atoms with E-state index in [9.17, 15) is 23.6 Å². The van der Waals surface area contributed by atoms with Crippen LogP contribution < -0.4 is 5.32 Å². The van der Waals surface area contributed by atoms with E-state index in [0.717, 1.165) is 18.9 Å². The molecule has 1 saturated carbocycles. The smallest absolute Gasteiger partial charge is 0.287 e. The fourth-order valence-corrected chi connectivity index (χ4v) is 3.41. The van der Waals surface area contributed by atoms with Gasteiger partial charge in [-0.1, -0.05) is 12.1 Å². The van der Waals surface area contributed by atoms with Gasteiger partial charge >= 0.3 is 0 Å². The van der Waals surface area contributed by atoms with Crippen molar-refractivity contribution in [2.75, 3.05) is 12.3 Å². The monoisotopic (exact) mass is 300 g/mol. The zero-order valence-electron chi connectivity index (χ0n) is 10.7.